The van der Waals surface area contributed by atoms with E-state index in [2.05, 4.69) is 19.2 Å². The van der Waals surface area contributed by atoms with Crippen LogP contribution in [0, 0.1) is 0 Å². The summed E-state index contributed by atoms with van der Waals surface area (Å²) in [5, 5.41) is 3.61. The van der Waals surface area contributed by atoms with Gasteiger partial charge in [0.1, 0.15) is 5.76 Å². The molecule has 2 unspecified atom stereocenters. The molecular formula is C14H23NO2. The Kier molecular flexibility index (Phi) is 4.24. The summed E-state index contributed by atoms with van der Waals surface area (Å²) in [7, 11) is 0. The molecule has 1 N–H and O–H groups in total. The predicted octanol–water partition coefficient (Wildman–Crippen LogP) is 2.76. The van der Waals surface area contributed by atoms with Gasteiger partial charge in [-0.15, -0.1) is 0 Å². The van der Waals surface area contributed by atoms with Gasteiger partial charge in [-0.2, -0.15) is 0 Å². The van der Waals surface area contributed by atoms with E-state index in [1.165, 1.54) is 0 Å². The van der Waals surface area contributed by atoms with Crippen LogP contribution in [0.1, 0.15) is 38.9 Å². The van der Waals surface area contributed by atoms with E-state index >= 15 is 0 Å². The van der Waals surface area contributed by atoms with Gasteiger partial charge in [0.05, 0.1) is 11.9 Å². The maximum atomic E-state index is 5.84. The number of hydrogen-bond donors (Lipinski definition) is 1. The quantitative estimate of drug-likeness (QED) is 0.855. The molecule has 96 valence electrons. The Labute approximate surface area is 104 Å². The Morgan fingerprint density at radius 1 is 1.53 bits per heavy atom. The van der Waals surface area contributed by atoms with E-state index in [9.17, 15) is 0 Å². The Morgan fingerprint density at radius 3 is 3.12 bits per heavy atom. The van der Waals surface area contributed by atoms with Gasteiger partial charge in [-0.05, 0) is 38.3 Å². The third-order valence-corrected chi connectivity index (χ3v) is 3.73. The molecule has 2 rings (SSSR count). The largest absolute Gasteiger partial charge is 0.469 e. The summed E-state index contributed by atoms with van der Waals surface area (Å²) in [6.07, 6.45) is 6.02. The Morgan fingerprint density at radius 2 is 2.41 bits per heavy atom. The molecule has 3 nitrogen and oxygen atoms in total. The van der Waals surface area contributed by atoms with E-state index in [4.69, 9.17) is 9.15 Å². The molecule has 1 aromatic rings. The molecule has 1 aromatic heterocycles. The minimum Gasteiger partial charge on any atom is -0.469 e. The lowest BCUT2D eigenvalue weighted by Gasteiger charge is -2.38. The minimum atomic E-state index is 0.0700. The maximum absolute atomic E-state index is 5.84. The molecular weight excluding hydrogens is 214 g/mol. The first-order valence-corrected chi connectivity index (χ1v) is 6.61. The highest BCUT2D eigenvalue weighted by Crippen LogP contribution is 2.27. The second-order valence-corrected chi connectivity index (χ2v) is 5.13. The highest BCUT2D eigenvalue weighted by atomic mass is 16.5. The van der Waals surface area contributed by atoms with Gasteiger partial charge in [0, 0.05) is 25.6 Å². The molecule has 0 amide bonds. The molecule has 0 spiro atoms. The van der Waals surface area contributed by atoms with E-state index in [0.717, 1.165) is 44.6 Å². The van der Waals surface area contributed by atoms with Gasteiger partial charge in [0.15, 0.2) is 0 Å². The number of rotatable bonds is 5. The maximum Gasteiger partial charge on any atom is 0.105 e. The van der Waals surface area contributed by atoms with Gasteiger partial charge < -0.3 is 14.5 Å². The molecule has 2 heterocycles. The second kappa shape index (κ2) is 5.69. The smallest absolute Gasteiger partial charge is 0.105 e. The van der Waals surface area contributed by atoms with Crippen molar-refractivity contribution < 1.29 is 9.15 Å². The first-order valence-electron chi connectivity index (χ1n) is 6.61. The number of nitrogens with one attached hydrogen (secondary N) is 1. The predicted molar refractivity (Wildman–Crippen MR) is 68.1 cm³/mol. The van der Waals surface area contributed by atoms with Crippen LogP contribution in [0.3, 0.4) is 0 Å². The zero-order valence-electron chi connectivity index (χ0n) is 10.9. The van der Waals surface area contributed by atoms with Crippen molar-refractivity contribution in [3.05, 3.63) is 24.2 Å². The molecule has 0 aromatic carbocycles. The second-order valence-electron chi connectivity index (χ2n) is 5.13. The van der Waals surface area contributed by atoms with Crippen molar-refractivity contribution in [2.24, 2.45) is 0 Å². The number of hydrogen-bond acceptors (Lipinski definition) is 3. The van der Waals surface area contributed by atoms with Crippen LogP contribution >= 0.6 is 0 Å². The first-order chi connectivity index (χ1) is 8.22. The Bertz CT molecular complexity index is 323. The van der Waals surface area contributed by atoms with Crippen LogP contribution in [0.4, 0.5) is 0 Å². The average molecular weight is 237 g/mol. The van der Waals surface area contributed by atoms with Crippen LogP contribution in [0.15, 0.2) is 22.8 Å². The molecule has 2 atom stereocenters. The van der Waals surface area contributed by atoms with E-state index in [1.807, 2.05) is 12.1 Å². The van der Waals surface area contributed by atoms with Gasteiger partial charge in [0.25, 0.3) is 0 Å². The van der Waals surface area contributed by atoms with Crippen molar-refractivity contribution in [2.75, 3.05) is 13.2 Å². The average Bonchev–Trinajstić information content (AvgIpc) is 2.82. The van der Waals surface area contributed by atoms with Crippen LogP contribution in [0.5, 0.6) is 0 Å². The van der Waals surface area contributed by atoms with Crippen LogP contribution in [0.25, 0.3) is 0 Å². The van der Waals surface area contributed by atoms with Crippen molar-refractivity contribution >= 4 is 0 Å². The Balaban J connectivity index is 1.72. The summed E-state index contributed by atoms with van der Waals surface area (Å²) in [6.45, 7) is 6.28. The fraction of sp³-hybridized carbons (Fsp3) is 0.714. The van der Waals surface area contributed by atoms with Crippen molar-refractivity contribution in [1.82, 2.24) is 5.32 Å². The van der Waals surface area contributed by atoms with Crippen molar-refractivity contribution in [1.29, 1.82) is 0 Å². The van der Waals surface area contributed by atoms with Gasteiger partial charge in [-0.1, -0.05) is 6.92 Å². The molecule has 0 saturated carbocycles. The van der Waals surface area contributed by atoms with Crippen molar-refractivity contribution in [2.45, 2.75) is 51.2 Å². The molecule has 1 saturated heterocycles. The lowest BCUT2D eigenvalue weighted by molar-refractivity contribution is -0.0778. The molecule has 0 radical (unpaired) electrons. The molecule has 1 aliphatic rings. The van der Waals surface area contributed by atoms with E-state index in [1.54, 1.807) is 6.26 Å². The van der Waals surface area contributed by atoms with Crippen LogP contribution < -0.4 is 5.32 Å². The summed E-state index contributed by atoms with van der Waals surface area (Å²) in [5.74, 6) is 1.06. The highest BCUT2D eigenvalue weighted by molar-refractivity contribution is 4.98. The summed E-state index contributed by atoms with van der Waals surface area (Å²) >= 11 is 0. The fourth-order valence-electron chi connectivity index (χ4n) is 2.40. The van der Waals surface area contributed by atoms with Crippen molar-refractivity contribution in [3.63, 3.8) is 0 Å². The molecule has 1 aliphatic heterocycles. The lowest BCUT2D eigenvalue weighted by Crippen LogP contribution is -2.45. The van der Waals surface area contributed by atoms with Gasteiger partial charge >= 0.3 is 0 Å². The van der Waals surface area contributed by atoms with Gasteiger partial charge in [-0.3, -0.25) is 0 Å². The van der Waals surface area contributed by atoms with E-state index in [0.29, 0.717) is 6.04 Å². The summed E-state index contributed by atoms with van der Waals surface area (Å²) in [4.78, 5) is 0. The number of furan rings is 1. The third-order valence-electron chi connectivity index (χ3n) is 3.73. The lowest BCUT2D eigenvalue weighted by atomic mass is 9.90. The molecule has 3 heteroatoms. The first kappa shape index (κ1) is 12.7. The molecule has 1 fully saturated rings. The van der Waals surface area contributed by atoms with Gasteiger partial charge in [0.2, 0.25) is 0 Å². The van der Waals surface area contributed by atoms with Crippen molar-refractivity contribution in [3.8, 4) is 0 Å². The van der Waals surface area contributed by atoms with Crippen LogP contribution in [0.2, 0.25) is 0 Å². The van der Waals surface area contributed by atoms with E-state index in [-0.39, 0.29) is 5.60 Å². The molecule has 0 aliphatic carbocycles. The summed E-state index contributed by atoms with van der Waals surface area (Å²) in [5.41, 5.74) is 0.0700. The molecule has 17 heavy (non-hydrogen) atoms. The minimum absolute atomic E-state index is 0.0700. The van der Waals surface area contributed by atoms with Gasteiger partial charge in [-0.25, -0.2) is 0 Å². The number of ether oxygens (including phenoxy) is 1. The third kappa shape index (κ3) is 3.58. The van der Waals surface area contributed by atoms with Crippen LogP contribution in [-0.4, -0.2) is 24.8 Å². The summed E-state index contributed by atoms with van der Waals surface area (Å²) < 4.78 is 11.2. The topological polar surface area (TPSA) is 34.4 Å². The SMILES string of the molecule is CCC1(C)CC(NCCc2ccco2)CCO1. The Hall–Kier alpha value is -0.800. The fourth-order valence-corrected chi connectivity index (χ4v) is 2.40. The highest BCUT2D eigenvalue weighted by Gasteiger charge is 2.31. The zero-order valence-corrected chi connectivity index (χ0v) is 10.9. The van der Waals surface area contributed by atoms with E-state index < -0.39 is 0 Å². The summed E-state index contributed by atoms with van der Waals surface area (Å²) in [6, 6.07) is 4.56. The monoisotopic (exact) mass is 237 g/mol. The normalized spacial score (nSPS) is 29.4. The molecule has 0 bridgehead atoms. The standard InChI is InChI=1S/C14H23NO2/c1-3-14(2)11-12(7-10-17-14)15-8-6-13-5-4-9-16-13/h4-5,9,12,15H,3,6-8,10-11H2,1-2H3. The zero-order chi connectivity index (χ0) is 12.1. The van der Waals surface area contributed by atoms with Crippen LogP contribution in [-0.2, 0) is 11.2 Å².